The highest BCUT2D eigenvalue weighted by Crippen LogP contribution is 2.15. The lowest BCUT2D eigenvalue weighted by Gasteiger charge is -1.97. The first-order valence-corrected chi connectivity index (χ1v) is 4.61. The van der Waals surface area contributed by atoms with Gasteiger partial charge in [-0.1, -0.05) is 0 Å². The van der Waals surface area contributed by atoms with E-state index in [9.17, 15) is 4.79 Å². The molecule has 0 atom stereocenters. The molecule has 0 spiro atoms. The molecule has 3 N–H and O–H groups in total. The van der Waals surface area contributed by atoms with Crippen LogP contribution >= 0.6 is 45.2 Å². The number of anilines is 1. The molecule has 0 aliphatic rings. The van der Waals surface area contributed by atoms with Crippen molar-refractivity contribution < 1.29 is 0 Å². The summed E-state index contributed by atoms with van der Waals surface area (Å²) in [5, 5.41) is 0. The van der Waals surface area contributed by atoms with Crippen LogP contribution in [0.3, 0.4) is 0 Å². The number of halogens is 2. The topological polar surface area (TPSA) is 58.9 Å². The molecule has 0 unspecified atom stereocenters. The summed E-state index contributed by atoms with van der Waals surface area (Å²) in [6.07, 6.45) is 1.60. The molecule has 0 bridgehead atoms. The molecule has 54 valence electrons. The predicted octanol–water partition coefficient (Wildman–Crippen LogP) is 1.17. The molecular weight excluding hydrogens is 358 g/mol. The van der Waals surface area contributed by atoms with E-state index in [0.717, 1.165) is 3.57 Å². The summed E-state index contributed by atoms with van der Waals surface area (Å²) in [6, 6.07) is 0. The van der Waals surface area contributed by atoms with Crippen molar-refractivity contribution in [1.29, 1.82) is 0 Å². The summed E-state index contributed by atoms with van der Waals surface area (Å²) >= 11 is 3.99. The Hall–Kier alpha value is 0.210. The lowest BCUT2D eigenvalue weighted by molar-refractivity contribution is 1.20. The largest absolute Gasteiger partial charge is 0.397 e. The molecule has 0 radical (unpaired) electrons. The number of aromatic nitrogens is 1. The van der Waals surface area contributed by atoms with E-state index in [1.165, 1.54) is 0 Å². The minimum atomic E-state index is -0.126. The summed E-state index contributed by atoms with van der Waals surface area (Å²) in [5.74, 6) is 0. The van der Waals surface area contributed by atoms with Crippen molar-refractivity contribution in [3.05, 3.63) is 23.7 Å². The van der Waals surface area contributed by atoms with Crippen molar-refractivity contribution in [2.24, 2.45) is 0 Å². The van der Waals surface area contributed by atoms with Crippen LogP contribution in [0.1, 0.15) is 0 Å². The third-order valence-corrected chi connectivity index (χ3v) is 2.99. The number of nitrogen functional groups attached to an aromatic ring is 1. The minimum Gasteiger partial charge on any atom is -0.397 e. The number of rotatable bonds is 0. The van der Waals surface area contributed by atoms with Gasteiger partial charge in [0.2, 0.25) is 0 Å². The van der Waals surface area contributed by atoms with E-state index in [1.54, 1.807) is 6.20 Å². The average Bonchev–Trinajstić information content (AvgIpc) is 1.93. The van der Waals surface area contributed by atoms with Gasteiger partial charge < -0.3 is 10.7 Å². The van der Waals surface area contributed by atoms with Gasteiger partial charge in [0.05, 0.1) is 9.26 Å². The molecule has 0 aliphatic heterocycles. The Labute approximate surface area is 84.7 Å². The van der Waals surface area contributed by atoms with Crippen LogP contribution in [-0.2, 0) is 0 Å². The second-order valence-electron chi connectivity index (χ2n) is 1.69. The van der Waals surface area contributed by atoms with Gasteiger partial charge in [0.15, 0.2) is 0 Å². The molecule has 0 aromatic carbocycles. The Balaban J connectivity index is 3.49. The lowest BCUT2D eigenvalue weighted by atomic mass is 10.4. The van der Waals surface area contributed by atoms with Gasteiger partial charge >= 0.3 is 0 Å². The molecule has 5 heteroatoms. The quantitative estimate of drug-likeness (QED) is 0.681. The van der Waals surface area contributed by atoms with Crippen LogP contribution < -0.4 is 11.3 Å². The molecule has 1 heterocycles. The molecule has 0 fully saturated rings. The second kappa shape index (κ2) is 3.07. The number of pyridine rings is 1. The number of H-pyrrole nitrogens is 1. The number of aromatic amines is 1. The molecular formula is C5H4I2N2O. The van der Waals surface area contributed by atoms with Crippen LogP contribution in [0, 0.1) is 7.14 Å². The molecule has 3 nitrogen and oxygen atoms in total. The highest BCUT2D eigenvalue weighted by molar-refractivity contribution is 14.1. The van der Waals surface area contributed by atoms with E-state index >= 15 is 0 Å². The lowest BCUT2D eigenvalue weighted by Crippen LogP contribution is -2.12. The average molecular weight is 362 g/mol. The van der Waals surface area contributed by atoms with Crippen LogP contribution in [0.5, 0.6) is 0 Å². The summed E-state index contributed by atoms with van der Waals surface area (Å²) < 4.78 is 1.44. The zero-order valence-electron chi connectivity index (χ0n) is 4.82. The van der Waals surface area contributed by atoms with Crippen LogP contribution in [0.4, 0.5) is 5.69 Å². The maximum atomic E-state index is 10.8. The smallest absolute Gasteiger partial charge is 0.263 e. The summed E-state index contributed by atoms with van der Waals surface area (Å²) in [7, 11) is 0. The number of hydrogen-bond donors (Lipinski definition) is 2. The van der Waals surface area contributed by atoms with E-state index < -0.39 is 0 Å². The predicted molar refractivity (Wildman–Crippen MR) is 56.9 cm³/mol. The molecule has 1 aromatic heterocycles. The first-order chi connectivity index (χ1) is 4.63. The maximum Gasteiger partial charge on any atom is 0.263 e. The second-order valence-corrected chi connectivity index (χ2v) is 3.93. The Morgan fingerprint density at radius 1 is 1.50 bits per heavy atom. The first kappa shape index (κ1) is 8.31. The van der Waals surface area contributed by atoms with Gasteiger partial charge in [-0.25, -0.2) is 0 Å². The van der Waals surface area contributed by atoms with Crippen LogP contribution in [0.15, 0.2) is 11.0 Å². The summed E-state index contributed by atoms with van der Waals surface area (Å²) in [4.78, 5) is 13.4. The Morgan fingerprint density at radius 2 is 2.10 bits per heavy atom. The van der Waals surface area contributed by atoms with E-state index in [4.69, 9.17) is 5.73 Å². The normalized spacial score (nSPS) is 9.80. The maximum absolute atomic E-state index is 10.8. The standard InChI is InChI=1S/C5H4I2N2O/c6-2-1-9-5(10)3(7)4(2)8/h1H,(H3,8,9,10). The van der Waals surface area contributed by atoms with Crippen molar-refractivity contribution in [3.63, 3.8) is 0 Å². The van der Waals surface area contributed by atoms with Crippen molar-refractivity contribution in [2.75, 3.05) is 5.73 Å². The molecule has 1 aromatic rings. The fourth-order valence-corrected chi connectivity index (χ4v) is 1.88. The van der Waals surface area contributed by atoms with Crippen molar-refractivity contribution in [3.8, 4) is 0 Å². The molecule has 0 saturated carbocycles. The fraction of sp³-hybridized carbons (Fsp3) is 0. The minimum absolute atomic E-state index is 0.126. The van der Waals surface area contributed by atoms with Crippen molar-refractivity contribution in [2.45, 2.75) is 0 Å². The van der Waals surface area contributed by atoms with Crippen molar-refractivity contribution in [1.82, 2.24) is 4.98 Å². The third-order valence-electron chi connectivity index (χ3n) is 1.02. The van der Waals surface area contributed by atoms with Gasteiger partial charge in [0, 0.05) is 6.20 Å². The Morgan fingerprint density at radius 3 is 2.60 bits per heavy atom. The molecule has 0 aliphatic carbocycles. The Bertz CT molecular complexity index is 307. The van der Waals surface area contributed by atoms with E-state index in [2.05, 4.69) is 27.6 Å². The van der Waals surface area contributed by atoms with Crippen molar-refractivity contribution >= 4 is 50.9 Å². The molecule has 0 amide bonds. The Kier molecular flexibility index (Phi) is 2.55. The van der Waals surface area contributed by atoms with E-state index in [1.807, 2.05) is 22.6 Å². The highest BCUT2D eigenvalue weighted by atomic mass is 127. The zero-order chi connectivity index (χ0) is 7.72. The van der Waals surface area contributed by atoms with Gasteiger partial charge in [-0.3, -0.25) is 4.79 Å². The van der Waals surface area contributed by atoms with Gasteiger partial charge in [0.25, 0.3) is 5.56 Å². The van der Waals surface area contributed by atoms with Gasteiger partial charge in [0.1, 0.15) is 3.57 Å². The molecule has 10 heavy (non-hydrogen) atoms. The van der Waals surface area contributed by atoms with Crippen LogP contribution in [-0.4, -0.2) is 4.98 Å². The molecule has 0 saturated heterocycles. The number of hydrogen-bond acceptors (Lipinski definition) is 2. The first-order valence-electron chi connectivity index (χ1n) is 2.45. The SMILES string of the molecule is Nc1c(I)c[nH]c(=O)c1I. The molecule has 1 rings (SSSR count). The van der Waals surface area contributed by atoms with E-state index in [-0.39, 0.29) is 5.56 Å². The highest BCUT2D eigenvalue weighted by Gasteiger charge is 2.02. The fourth-order valence-electron chi connectivity index (χ4n) is 0.497. The third kappa shape index (κ3) is 1.44. The summed E-state index contributed by atoms with van der Waals surface area (Å²) in [5.41, 5.74) is 5.98. The van der Waals surface area contributed by atoms with Crippen LogP contribution in [0.25, 0.3) is 0 Å². The van der Waals surface area contributed by atoms with Gasteiger partial charge in [-0.15, -0.1) is 0 Å². The van der Waals surface area contributed by atoms with Gasteiger partial charge in [-0.2, -0.15) is 0 Å². The van der Waals surface area contributed by atoms with E-state index in [0.29, 0.717) is 9.26 Å². The van der Waals surface area contributed by atoms with Gasteiger partial charge in [-0.05, 0) is 45.2 Å². The monoisotopic (exact) mass is 362 g/mol. The summed E-state index contributed by atoms with van der Waals surface area (Å²) in [6.45, 7) is 0. The van der Waals surface area contributed by atoms with Crippen LogP contribution in [0.2, 0.25) is 0 Å². The zero-order valence-corrected chi connectivity index (χ0v) is 9.13. The number of nitrogens with one attached hydrogen (secondary N) is 1. The number of nitrogens with two attached hydrogens (primary N) is 1.